The topological polar surface area (TPSA) is 38.9 Å². The maximum Gasteiger partial charge on any atom is 0.132 e. The van der Waals surface area contributed by atoms with Gasteiger partial charge in [0.2, 0.25) is 0 Å². The van der Waals surface area contributed by atoms with Gasteiger partial charge in [0.25, 0.3) is 0 Å². The van der Waals surface area contributed by atoms with Crippen LogP contribution in [0.15, 0.2) is 24.3 Å². The summed E-state index contributed by atoms with van der Waals surface area (Å²) < 4.78 is 13.3. The molecule has 1 aromatic heterocycles. The number of fused-ring (bicyclic) bond motifs is 1. The third-order valence-corrected chi connectivity index (χ3v) is 2.33. The molecule has 0 bridgehead atoms. The van der Waals surface area contributed by atoms with E-state index in [2.05, 4.69) is 4.98 Å². The van der Waals surface area contributed by atoms with E-state index in [1.165, 1.54) is 12.1 Å². The maximum absolute atomic E-state index is 13.3. The summed E-state index contributed by atoms with van der Waals surface area (Å²) in [6.07, 6.45) is 0. The zero-order chi connectivity index (χ0) is 10.1. The molecule has 14 heavy (non-hydrogen) atoms. The van der Waals surface area contributed by atoms with Gasteiger partial charge in [-0.3, -0.25) is 0 Å². The number of nitrogens with zero attached hydrogens (tertiary/aromatic N) is 1. The van der Waals surface area contributed by atoms with Crippen LogP contribution in [0.4, 0.5) is 4.39 Å². The van der Waals surface area contributed by atoms with Crippen molar-refractivity contribution in [1.29, 1.82) is 0 Å². The molecular weight excluding hydrogens is 203 g/mol. The monoisotopic (exact) mass is 210 g/mol. The highest BCUT2D eigenvalue weighted by Crippen LogP contribution is 2.24. The molecular formula is C10H8ClFN2. The number of nitrogens with two attached hydrogens (primary N) is 1. The van der Waals surface area contributed by atoms with Crippen molar-refractivity contribution in [3.63, 3.8) is 0 Å². The SMILES string of the molecule is NCc1ccc2c(F)ccc(Cl)c2n1. The van der Waals surface area contributed by atoms with Crippen LogP contribution in [-0.4, -0.2) is 4.98 Å². The quantitative estimate of drug-likeness (QED) is 0.786. The molecule has 0 saturated carbocycles. The van der Waals surface area contributed by atoms with E-state index in [0.29, 0.717) is 28.2 Å². The molecule has 0 saturated heterocycles. The molecule has 0 unspecified atom stereocenters. The van der Waals surface area contributed by atoms with Crippen molar-refractivity contribution >= 4 is 22.5 Å². The molecule has 0 aliphatic rings. The predicted octanol–water partition coefficient (Wildman–Crippen LogP) is 2.49. The van der Waals surface area contributed by atoms with Crippen LogP contribution >= 0.6 is 11.6 Å². The zero-order valence-electron chi connectivity index (χ0n) is 7.30. The summed E-state index contributed by atoms with van der Waals surface area (Å²) in [6.45, 7) is 0.322. The number of halogens is 2. The van der Waals surface area contributed by atoms with E-state index >= 15 is 0 Å². The second kappa shape index (κ2) is 3.52. The van der Waals surface area contributed by atoms with Gasteiger partial charge < -0.3 is 5.73 Å². The number of benzene rings is 1. The van der Waals surface area contributed by atoms with E-state index in [4.69, 9.17) is 17.3 Å². The summed E-state index contributed by atoms with van der Waals surface area (Å²) in [4.78, 5) is 4.16. The van der Waals surface area contributed by atoms with Gasteiger partial charge in [-0.05, 0) is 24.3 Å². The van der Waals surface area contributed by atoms with Crippen LogP contribution in [0.2, 0.25) is 5.02 Å². The molecule has 4 heteroatoms. The van der Waals surface area contributed by atoms with E-state index in [0.717, 1.165) is 0 Å². The predicted molar refractivity (Wildman–Crippen MR) is 54.6 cm³/mol. The summed E-state index contributed by atoms with van der Waals surface area (Å²) >= 11 is 5.89. The second-order valence-corrected chi connectivity index (χ2v) is 3.34. The molecule has 0 aliphatic carbocycles. The lowest BCUT2D eigenvalue weighted by atomic mass is 10.2. The molecule has 72 valence electrons. The zero-order valence-corrected chi connectivity index (χ0v) is 8.05. The molecule has 0 aliphatic heterocycles. The van der Waals surface area contributed by atoms with E-state index in [1.807, 2.05) is 0 Å². The van der Waals surface area contributed by atoms with Crippen LogP contribution in [0.25, 0.3) is 10.9 Å². The standard InChI is InChI=1S/C10H8ClFN2/c11-8-3-4-9(12)7-2-1-6(5-13)14-10(7)8/h1-4H,5,13H2. The van der Waals surface area contributed by atoms with E-state index in [9.17, 15) is 4.39 Å². The molecule has 2 N–H and O–H groups in total. The highest BCUT2D eigenvalue weighted by Gasteiger charge is 2.05. The molecule has 1 aromatic carbocycles. The Morgan fingerprint density at radius 1 is 1.29 bits per heavy atom. The molecule has 1 heterocycles. The largest absolute Gasteiger partial charge is 0.325 e. The van der Waals surface area contributed by atoms with E-state index in [1.54, 1.807) is 12.1 Å². The summed E-state index contributed by atoms with van der Waals surface area (Å²) in [5.41, 5.74) is 6.60. The Hall–Kier alpha value is -1.19. The Bertz CT molecular complexity index is 485. The Morgan fingerprint density at radius 2 is 2.07 bits per heavy atom. The highest BCUT2D eigenvalue weighted by atomic mass is 35.5. The molecule has 0 amide bonds. The first-order chi connectivity index (χ1) is 6.72. The third kappa shape index (κ3) is 1.45. The maximum atomic E-state index is 13.3. The fourth-order valence-corrected chi connectivity index (χ4v) is 1.51. The summed E-state index contributed by atoms with van der Waals surface area (Å²) in [5.74, 6) is -0.319. The molecule has 0 spiro atoms. The van der Waals surface area contributed by atoms with Gasteiger partial charge in [0.05, 0.1) is 16.2 Å². The normalized spacial score (nSPS) is 10.8. The lowest BCUT2D eigenvalue weighted by Gasteiger charge is -2.03. The van der Waals surface area contributed by atoms with Gasteiger partial charge in [0.15, 0.2) is 0 Å². The van der Waals surface area contributed by atoms with Gasteiger partial charge in [0, 0.05) is 11.9 Å². The number of aromatic nitrogens is 1. The average Bonchev–Trinajstić information content (AvgIpc) is 2.23. The minimum atomic E-state index is -0.319. The third-order valence-electron chi connectivity index (χ3n) is 2.02. The Kier molecular flexibility index (Phi) is 2.35. The van der Waals surface area contributed by atoms with Crippen molar-refractivity contribution in [3.05, 3.63) is 40.8 Å². The summed E-state index contributed by atoms with van der Waals surface area (Å²) in [6, 6.07) is 6.16. The fraction of sp³-hybridized carbons (Fsp3) is 0.100. The van der Waals surface area contributed by atoms with Gasteiger partial charge in [-0.2, -0.15) is 0 Å². The first kappa shape index (κ1) is 9.37. The minimum absolute atomic E-state index is 0.319. The van der Waals surface area contributed by atoms with Crippen molar-refractivity contribution in [3.8, 4) is 0 Å². The molecule has 0 radical (unpaired) electrons. The molecule has 2 rings (SSSR count). The summed E-state index contributed by atoms with van der Waals surface area (Å²) in [7, 11) is 0. The number of hydrogen-bond acceptors (Lipinski definition) is 2. The van der Waals surface area contributed by atoms with Crippen LogP contribution in [0.1, 0.15) is 5.69 Å². The van der Waals surface area contributed by atoms with Crippen LogP contribution in [0.3, 0.4) is 0 Å². The van der Waals surface area contributed by atoms with Gasteiger partial charge in [-0.25, -0.2) is 9.37 Å². The minimum Gasteiger partial charge on any atom is -0.325 e. The van der Waals surface area contributed by atoms with Crippen molar-refractivity contribution < 1.29 is 4.39 Å². The van der Waals surface area contributed by atoms with Crippen molar-refractivity contribution in [1.82, 2.24) is 4.98 Å². The fourth-order valence-electron chi connectivity index (χ4n) is 1.30. The second-order valence-electron chi connectivity index (χ2n) is 2.93. The van der Waals surface area contributed by atoms with Crippen LogP contribution in [0, 0.1) is 5.82 Å². The lowest BCUT2D eigenvalue weighted by Crippen LogP contribution is -1.99. The first-order valence-electron chi connectivity index (χ1n) is 4.16. The first-order valence-corrected chi connectivity index (χ1v) is 4.54. The number of pyridine rings is 1. The van der Waals surface area contributed by atoms with Crippen molar-refractivity contribution in [2.24, 2.45) is 5.73 Å². The van der Waals surface area contributed by atoms with Crippen LogP contribution < -0.4 is 5.73 Å². The van der Waals surface area contributed by atoms with Gasteiger partial charge in [-0.1, -0.05) is 11.6 Å². The van der Waals surface area contributed by atoms with Crippen molar-refractivity contribution in [2.45, 2.75) is 6.54 Å². The van der Waals surface area contributed by atoms with E-state index < -0.39 is 0 Å². The number of rotatable bonds is 1. The van der Waals surface area contributed by atoms with Gasteiger partial charge >= 0.3 is 0 Å². The Morgan fingerprint density at radius 3 is 2.79 bits per heavy atom. The molecule has 0 fully saturated rings. The Balaban J connectivity index is 2.80. The Labute approximate surface area is 85.5 Å². The molecule has 2 aromatic rings. The highest BCUT2D eigenvalue weighted by molar-refractivity contribution is 6.35. The van der Waals surface area contributed by atoms with E-state index in [-0.39, 0.29) is 5.82 Å². The molecule has 2 nitrogen and oxygen atoms in total. The molecule has 0 atom stereocenters. The average molecular weight is 211 g/mol. The van der Waals surface area contributed by atoms with Crippen molar-refractivity contribution in [2.75, 3.05) is 0 Å². The van der Waals surface area contributed by atoms with Crippen LogP contribution in [0.5, 0.6) is 0 Å². The smallest absolute Gasteiger partial charge is 0.132 e. The van der Waals surface area contributed by atoms with Crippen LogP contribution in [-0.2, 0) is 6.54 Å². The van der Waals surface area contributed by atoms with Gasteiger partial charge in [0.1, 0.15) is 5.82 Å². The number of hydrogen-bond donors (Lipinski definition) is 1. The lowest BCUT2D eigenvalue weighted by molar-refractivity contribution is 0.639. The summed E-state index contributed by atoms with van der Waals surface area (Å²) in [5, 5.41) is 0.867. The van der Waals surface area contributed by atoms with Gasteiger partial charge in [-0.15, -0.1) is 0 Å².